The number of nitrogens with one attached hydrogen (secondary N) is 1. The van der Waals surface area contributed by atoms with Crippen LogP contribution in [0.15, 0.2) is 41.1 Å². The summed E-state index contributed by atoms with van der Waals surface area (Å²) in [6, 6.07) is 6.41. The van der Waals surface area contributed by atoms with Crippen molar-refractivity contribution in [3.05, 3.63) is 42.1 Å². The minimum absolute atomic E-state index is 0.0510. The quantitative estimate of drug-likeness (QED) is 0.710. The Bertz CT molecular complexity index is 762. The van der Waals surface area contributed by atoms with Crippen molar-refractivity contribution >= 4 is 5.69 Å². The predicted octanol–water partition coefficient (Wildman–Crippen LogP) is 3.33. The van der Waals surface area contributed by atoms with Gasteiger partial charge in [0.05, 0.1) is 16.8 Å². The van der Waals surface area contributed by atoms with Gasteiger partial charge in [0.15, 0.2) is 0 Å². The van der Waals surface area contributed by atoms with Gasteiger partial charge in [-0.3, -0.25) is 0 Å². The number of halogens is 3. The van der Waals surface area contributed by atoms with Gasteiger partial charge < -0.3 is 15.2 Å². The van der Waals surface area contributed by atoms with Gasteiger partial charge in [-0.1, -0.05) is 5.16 Å². The number of rotatable bonds is 2. The van der Waals surface area contributed by atoms with Crippen LogP contribution in [0, 0.1) is 0 Å². The molecule has 0 fully saturated rings. The third-order valence-electron chi connectivity index (χ3n) is 2.88. The number of nitrogen functional groups attached to an aromatic ring is 1. The molecule has 21 heavy (non-hydrogen) atoms. The van der Waals surface area contributed by atoms with Crippen molar-refractivity contribution in [1.82, 2.24) is 15.1 Å². The molecule has 0 unspecified atom stereocenters. The molecule has 0 spiro atoms. The Kier molecular flexibility index (Phi) is 2.93. The first-order chi connectivity index (χ1) is 9.95. The molecule has 3 rings (SSSR count). The van der Waals surface area contributed by atoms with Crippen molar-refractivity contribution in [1.29, 1.82) is 0 Å². The van der Waals surface area contributed by atoms with Crippen LogP contribution in [0.3, 0.4) is 0 Å². The lowest BCUT2D eigenvalue weighted by molar-refractivity contribution is -0.137. The minimum Gasteiger partial charge on any atom is -0.398 e. The molecule has 0 aliphatic rings. The number of hydrogen-bond donors (Lipinski definition) is 2. The van der Waals surface area contributed by atoms with Gasteiger partial charge in [0, 0.05) is 11.9 Å². The molecule has 8 heteroatoms. The lowest BCUT2D eigenvalue weighted by atomic mass is 10.1. The highest BCUT2D eigenvalue weighted by atomic mass is 19.4. The topological polar surface area (TPSA) is 80.7 Å². The molecule has 0 atom stereocenters. The summed E-state index contributed by atoms with van der Waals surface area (Å²) >= 11 is 0. The van der Waals surface area contributed by atoms with Gasteiger partial charge >= 0.3 is 6.18 Å². The van der Waals surface area contributed by atoms with Crippen molar-refractivity contribution < 1.29 is 17.7 Å². The average molecular weight is 294 g/mol. The second-order valence-corrected chi connectivity index (χ2v) is 4.31. The van der Waals surface area contributed by atoms with Crippen molar-refractivity contribution in [3.8, 4) is 23.0 Å². The Balaban J connectivity index is 2.04. The average Bonchev–Trinajstić information content (AvgIpc) is 3.09. The van der Waals surface area contributed by atoms with Gasteiger partial charge in [-0.15, -0.1) is 0 Å². The molecule has 0 saturated heterocycles. The Hall–Kier alpha value is -2.77. The second kappa shape index (κ2) is 4.65. The number of anilines is 1. The molecular formula is C13H9F3N4O. The first-order valence-electron chi connectivity index (χ1n) is 5.90. The van der Waals surface area contributed by atoms with Crippen LogP contribution in [-0.4, -0.2) is 15.1 Å². The fraction of sp³-hybridized carbons (Fsp3) is 0.0769. The van der Waals surface area contributed by atoms with Crippen molar-refractivity contribution in [2.45, 2.75) is 6.18 Å². The zero-order valence-corrected chi connectivity index (χ0v) is 10.5. The van der Waals surface area contributed by atoms with E-state index in [1.54, 1.807) is 18.3 Å². The van der Waals surface area contributed by atoms with E-state index < -0.39 is 11.7 Å². The Morgan fingerprint density at radius 2 is 2.00 bits per heavy atom. The monoisotopic (exact) mass is 294 g/mol. The standard InChI is InChI=1S/C13H9F3N4O/c14-13(15,16)7-3-4-9(17)8(6-7)12-19-11(20-21-12)10-2-1-5-18-10/h1-6,18H,17H2. The summed E-state index contributed by atoms with van der Waals surface area (Å²) in [5.41, 5.74) is 5.64. The van der Waals surface area contributed by atoms with E-state index in [0.29, 0.717) is 5.69 Å². The molecule has 0 amide bonds. The molecule has 0 bridgehead atoms. The number of H-pyrrole nitrogens is 1. The summed E-state index contributed by atoms with van der Waals surface area (Å²) in [5, 5.41) is 3.71. The molecule has 2 aromatic heterocycles. The number of alkyl halides is 3. The molecule has 3 N–H and O–H groups in total. The van der Waals surface area contributed by atoms with E-state index in [0.717, 1.165) is 18.2 Å². The number of aromatic nitrogens is 3. The summed E-state index contributed by atoms with van der Waals surface area (Å²) in [7, 11) is 0. The van der Waals surface area contributed by atoms with Gasteiger partial charge in [-0.25, -0.2) is 0 Å². The van der Waals surface area contributed by atoms with E-state index in [4.69, 9.17) is 10.3 Å². The van der Waals surface area contributed by atoms with Gasteiger partial charge in [-0.05, 0) is 30.3 Å². The minimum atomic E-state index is -4.47. The van der Waals surface area contributed by atoms with E-state index in [-0.39, 0.29) is 23.0 Å². The van der Waals surface area contributed by atoms with E-state index in [1.807, 2.05) is 0 Å². The molecule has 0 radical (unpaired) electrons. The van der Waals surface area contributed by atoms with Crippen LogP contribution in [0.5, 0.6) is 0 Å². The SMILES string of the molecule is Nc1ccc(C(F)(F)F)cc1-c1nc(-c2ccc[nH]2)no1. The zero-order valence-electron chi connectivity index (χ0n) is 10.5. The molecule has 0 aliphatic carbocycles. The smallest absolute Gasteiger partial charge is 0.398 e. The molecule has 2 heterocycles. The summed E-state index contributed by atoms with van der Waals surface area (Å²) < 4.78 is 43.2. The Morgan fingerprint density at radius 3 is 2.67 bits per heavy atom. The number of nitrogens with two attached hydrogens (primary N) is 1. The van der Waals surface area contributed by atoms with Crippen LogP contribution in [0.4, 0.5) is 18.9 Å². The Labute approximate surface area is 116 Å². The van der Waals surface area contributed by atoms with E-state index in [2.05, 4.69) is 15.1 Å². The molecule has 3 aromatic rings. The van der Waals surface area contributed by atoms with E-state index in [9.17, 15) is 13.2 Å². The molecule has 0 aliphatic heterocycles. The van der Waals surface area contributed by atoms with Crippen LogP contribution in [0.1, 0.15) is 5.56 Å². The maximum atomic E-state index is 12.7. The third kappa shape index (κ3) is 2.47. The highest BCUT2D eigenvalue weighted by molar-refractivity contribution is 5.72. The highest BCUT2D eigenvalue weighted by Crippen LogP contribution is 2.34. The maximum Gasteiger partial charge on any atom is 0.416 e. The molecule has 1 aromatic carbocycles. The first kappa shape index (κ1) is 13.2. The molecule has 108 valence electrons. The van der Waals surface area contributed by atoms with Gasteiger partial charge in [0.25, 0.3) is 5.89 Å². The normalized spacial score (nSPS) is 11.8. The molecule has 0 saturated carbocycles. The first-order valence-corrected chi connectivity index (χ1v) is 5.90. The van der Waals surface area contributed by atoms with Gasteiger partial charge in [-0.2, -0.15) is 18.2 Å². The van der Waals surface area contributed by atoms with Crippen molar-refractivity contribution in [3.63, 3.8) is 0 Å². The van der Waals surface area contributed by atoms with Crippen LogP contribution in [0.25, 0.3) is 23.0 Å². The van der Waals surface area contributed by atoms with Crippen molar-refractivity contribution in [2.75, 3.05) is 5.73 Å². The van der Waals surface area contributed by atoms with Gasteiger partial charge in [0.1, 0.15) is 0 Å². The fourth-order valence-corrected chi connectivity index (χ4v) is 1.83. The largest absolute Gasteiger partial charge is 0.416 e. The van der Waals surface area contributed by atoms with E-state index in [1.165, 1.54) is 0 Å². The third-order valence-corrected chi connectivity index (χ3v) is 2.88. The summed E-state index contributed by atoms with van der Waals surface area (Å²) in [4.78, 5) is 6.92. The van der Waals surface area contributed by atoms with Crippen LogP contribution in [-0.2, 0) is 6.18 Å². The number of nitrogens with zero attached hydrogens (tertiary/aromatic N) is 2. The lowest BCUT2D eigenvalue weighted by Crippen LogP contribution is -2.05. The predicted molar refractivity (Wildman–Crippen MR) is 68.9 cm³/mol. The van der Waals surface area contributed by atoms with Crippen LogP contribution in [0.2, 0.25) is 0 Å². The molecular weight excluding hydrogens is 285 g/mol. The van der Waals surface area contributed by atoms with Crippen LogP contribution < -0.4 is 5.73 Å². The Morgan fingerprint density at radius 1 is 1.19 bits per heavy atom. The number of hydrogen-bond acceptors (Lipinski definition) is 4. The molecule has 5 nitrogen and oxygen atoms in total. The van der Waals surface area contributed by atoms with Crippen molar-refractivity contribution in [2.24, 2.45) is 0 Å². The second-order valence-electron chi connectivity index (χ2n) is 4.31. The summed E-state index contributed by atoms with van der Waals surface area (Å²) in [6.45, 7) is 0. The lowest BCUT2D eigenvalue weighted by Gasteiger charge is -2.08. The highest BCUT2D eigenvalue weighted by Gasteiger charge is 2.31. The zero-order chi connectivity index (χ0) is 15.0. The van der Waals surface area contributed by atoms with Gasteiger partial charge in [0.2, 0.25) is 5.82 Å². The van der Waals surface area contributed by atoms with Crippen LogP contribution >= 0.6 is 0 Å². The fourth-order valence-electron chi connectivity index (χ4n) is 1.83. The van der Waals surface area contributed by atoms with E-state index >= 15 is 0 Å². The number of aromatic amines is 1. The summed E-state index contributed by atoms with van der Waals surface area (Å²) in [5.74, 6) is 0.176. The summed E-state index contributed by atoms with van der Waals surface area (Å²) in [6.07, 6.45) is -2.80. The maximum absolute atomic E-state index is 12.7. The number of benzene rings is 1.